The van der Waals surface area contributed by atoms with Gasteiger partial charge in [-0.05, 0) is 23.4 Å². The molecule has 208 valence electrons. The minimum atomic E-state index is -0.401. The van der Waals surface area contributed by atoms with Crippen molar-refractivity contribution in [3.63, 3.8) is 0 Å². The van der Waals surface area contributed by atoms with Crippen LogP contribution in [-0.4, -0.2) is 60.3 Å². The molecule has 0 bridgehead atoms. The highest BCUT2D eigenvalue weighted by Crippen LogP contribution is 2.34. The Bertz CT molecular complexity index is 1580. The summed E-state index contributed by atoms with van der Waals surface area (Å²) < 4.78 is 11.1. The number of piperazine rings is 1. The zero-order valence-corrected chi connectivity index (χ0v) is 23.1. The number of fused-ring (bicyclic) bond motifs is 2. The van der Waals surface area contributed by atoms with Crippen LogP contribution >= 0.6 is 0 Å². The first-order chi connectivity index (χ1) is 20.1. The molecule has 41 heavy (non-hydrogen) atoms. The summed E-state index contributed by atoms with van der Waals surface area (Å²) in [5.41, 5.74) is 4.14. The molecule has 9 heteroatoms. The predicted molar refractivity (Wildman–Crippen MR) is 157 cm³/mol. The second kappa shape index (κ2) is 11.7. The van der Waals surface area contributed by atoms with Gasteiger partial charge in [-0.25, -0.2) is 4.79 Å². The minimum absolute atomic E-state index is 0.197. The van der Waals surface area contributed by atoms with Crippen LogP contribution in [0.3, 0.4) is 0 Å². The first-order valence-electron chi connectivity index (χ1n) is 13.9. The molecular formula is C32H32N6O3. The second-order valence-electron chi connectivity index (χ2n) is 10.3. The number of anilines is 2. The molecule has 9 nitrogen and oxygen atoms in total. The van der Waals surface area contributed by atoms with Gasteiger partial charge in [0.2, 0.25) is 0 Å². The van der Waals surface area contributed by atoms with Gasteiger partial charge in [-0.15, -0.1) is 0 Å². The highest BCUT2D eigenvalue weighted by molar-refractivity contribution is 5.94. The van der Waals surface area contributed by atoms with E-state index in [0.717, 1.165) is 35.6 Å². The van der Waals surface area contributed by atoms with Crippen molar-refractivity contribution in [1.82, 2.24) is 14.9 Å². The van der Waals surface area contributed by atoms with Crippen LogP contribution in [0.5, 0.6) is 6.01 Å². The number of rotatable bonds is 6. The van der Waals surface area contributed by atoms with Gasteiger partial charge in [0.05, 0.1) is 37.9 Å². The van der Waals surface area contributed by atoms with Gasteiger partial charge < -0.3 is 24.2 Å². The number of methoxy groups -OCH3 is 1. The van der Waals surface area contributed by atoms with Crippen molar-refractivity contribution in [2.45, 2.75) is 32.0 Å². The smallest absolute Gasteiger partial charge is 0.410 e. The van der Waals surface area contributed by atoms with Gasteiger partial charge >= 0.3 is 12.1 Å². The molecule has 0 spiro atoms. The number of hydrogen-bond donors (Lipinski definition) is 0. The van der Waals surface area contributed by atoms with Gasteiger partial charge in [0.25, 0.3) is 0 Å². The number of carbonyl (C=O) groups excluding carboxylic acids is 1. The van der Waals surface area contributed by atoms with Crippen LogP contribution < -0.4 is 14.5 Å². The van der Waals surface area contributed by atoms with Gasteiger partial charge in [-0.3, -0.25) is 0 Å². The number of hydrogen-bond acceptors (Lipinski definition) is 8. The van der Waals surface area contributed by atoms with Crippen molar-refractivity contribution in [2.75, 3.05) is 43.1 Å². The standard InChI is InChI=1S/C32H32N6O3/c1-40-31-34-28-21-36(29-13-7-11-24-10-5-6-12-26(24)29)17-15-27(28)30(35-31)37-18-19-38(25(20-37)14-16-33)32(39)41-22-23-8-3-2-4-9-23/h2-13,25H,14-15,17-22H2,1H3. The Morgan fingerprint density at radius 2 is 1.78 bits per heavy atom. The summed E-state index contributed by atoms with van der Waals surface area (Å²) >= 11 is 0. The number of aromatic nitrogens is 2. The summed E-state index contributed by atoms with van der Waals surface area (Å²) in [6.07, 6.45) is 0.581. The Hall–Kier alpha value is -4.84. The topological polar surface area (TPSA) is 94.8 Å². The SMILES string of the molecule is COc1nc2c(c(N3CCN(C(=O)OCc4ccccc4)C(CC#N)C3)n1)CCN(c1cccc3ccccc13)C2. The van der Waals surface area contributed by atoms with E-state index in [0.29, 0.717) is 32.2 Å². The quantitative estimate of drug-likeness (QED) is 0.334. The van der Waals surface area contributed by atoms with E-state index in [4.69, 9.17) is 19.4 Å². The van der Waals surface area contributed by atoms with Crippen molar-refractivity contribution >= 4 is 28.4 Å². The van der Waals surface area contributed by atoms with Gasteiger partial charge in [0.15, 0.2) is 0 Å². The molecule has 0 aliphatic carbocycles. The fourth-order valence-corrected chi connectivity index (χ4v) is 5.80. The molecule has 0 radical (unpaired) electrons. The van der Waals surface area contributed by atoms with Crippen molar-refractivity contribution in [3.8, 4) is 12.1 Å². The molecule has 1 fully saturated rings. The lowest BCUT2D eigenvalue weighted by molar-refractivity contribution is 0.0767. The van der Waals surface area contributed by atoms with Gasteiger partial charge in [0.1, 0.15) is 12.4 Å². The van der Waals surface area contributed by atoms with Crippen molar-refractivity contribution < 1.29 is 14.3 Å². The summed E-state index contributed by atoms with van der Waals surface area (Å²) in [5.74, 6) is 0.824. The van der Waals surface area contributed by atoms with Crippen LogP contribution in [0, 0.1) is 11.3 Å². The molecule has 0 N–H and O–H groups in total. The largest absolute Gasteiger partial charge is 0.467 e. The lowest BCUT2D eigenvalue weighted by Gasteiger charge is -2.41. The fraction of sp³-hybridized carbons (Fsp3) is 0.312. The second-order valence-corrected chi connectivity index (χ2v) is 10.3. The highest BCUT2D eigenvalue weighted by Gasteiger charge is 2.34. The van der Waals surface area contributed by atoms with Crippen molar-refractivity contribution in [2.24, 2.45) is 0 Å². The number of nitriles is 1. The molecule has 1 atom stereocenters. The van der Waals surface area contributed by atoms with Gasteiger partial charge in [-0.1, -0.05) is 66.7 Å². The van der Waals surface area contributed by atoms with Crippen molar-refractivity contribution in [1.29, 1.82) is 5.26 Å². The Labute approximate surface area is 239 Å². The Kier molecular flexibility index (Phi) is 7.54. The number of carbonyl (C=O) groups is 1. The van der Waals surface area contributed by atoms with Gasteiger partial charge in [-0.2, -0.15) is 15.2 Å². The van der Waals surface area contributed by atoms with Crippen LogP contribution in [0.15, 0.2) is 72.8 Å². The lowest BCUT2D eigenvalue weighted by atomic mass is 10.0. The fourth-order valence-electron chi connectivity index (χ4n) is 5.80. The normalized spacial score (nSPS) is 16.7. The van der Waals surface area contributed by atoms with Crippen LogP contribution in [-0.2, 0) is 24.3 Å². The molecule has 3 aromatic carbocycles. The summed E-state index contributed by atoms with van der Waals surface area (Å²) in [4.78, 5) is 28.8. The van der Waals surface area contributed by atoms with Crippen LogP contribution in [0.2, 0.25) is 0 Å². The maximum absolute atomic E-state index is 13.0. The zero-order chi connectivity index (χ0) is 28.2. The summed E-state index contributed by atoms with van der Waals surface area (Å²) in [5, 5.41) is 12.0. The van der Waals surface area contributed by atoms with E-state index in [9.17, 15) is 10.1 Å². The maximum atomic E-state index is 13.0. The van der Waals surface area contributed by atoms with Gasteiger partial charge in [0, 0.05) is 42.8 Å². The lowest BCUT2D eigenvalue weighted by Crippen LogP contribution is -2.55. The average molecular weight is 549 g/mol. The molecule has 4 aromatic rings. The third-order valence-corrected chi connectivity index (χ3v) is 7.86. The molecule has 2 aliphatic rings. The minimum Gasteiger partial charge on any atom is -0.467 e. The van der Waals surface area contributed by atoms with E-state index in [1.165, 1.54) is 16.5 Å². The third kappa shape index (κ3) is 5.46. The van der Waals surface area contributed by atoms with E-state index in [-0.39, 0.29) is 19.1 Å². The Balaban J connectivity index is 1.22. The zero-order valence-electron chi connectivity index (χ0n) is 23.1. The highest BCUT2D eigenvalue weighted by atomic mass is 16.6. The monoisotopic (exact) mass is 548 g/mol. The molecule has 1 aromatic heterocycles. The number of benzene rings is 3. The first kappa shape index (κ1) is 26.4. The third-order valence-electron chi connectivity index (χ3n) is 7.86. The average Bonchev–Trinajstić information content (AvgIpc) is 3.03. The van der Waals surface area contributed by atoms with E-state index in [2.05, 4.69) is 58.3 Å². The Morgan fingerprint density at radius 3 is 2.61 bits per heavy atom. The van der Waals surface area contributed by atoms with E-state index in [1.807, 2.05) is 30.3 Å². The van der Waals surface area contributed by atoms with Crippen LogP contribution in [0.25, 0.3) is 10.8 Å². The first-order valence-corrected chi connectivity index (χ1v) is 13.9. The van der Waals surface area contributed by atoms with E-state index in [1.54, 1.807) is 12.0 Å². The van der Waals surface area contributed by atoms with Crippen LogP contribution in [0.1, 0.15) is 23.2 Å². The van der Waals surface area contributed by atoms with Crippen LogP contribution in [0.4, 0.5) is 16.3 Å². The van der Waals surface area contributed by atoms with E-state index >= 15 is 0 Å². The predicted octanol–water partition coefficient (Wildman–Crippen LogP) is 4.94. The van der Waals surface area contributed by atoms with Crippen molar-refractivity contribution in [3.05, 3.63) is 89.6 Å². The molecule has 0 saturated carbocycles. The Morgan fingerprint density at radius 1 is 0.976 bits per heavy atom. The molecule has 6 rings (SSSR count). The van der Waals surface area contributed by atoms with E-state index < -0.39 is 6.09 Å². The number of nitrogens with zero attached hydrogens (tertiary/aromatic N) is 6. The maximum Gasteiger partial charge on any atom is 0.410 e. The molecule has 1 unspecified atom stereocenters. The summed E-state index contributed by atoms with van der Waals surface area (Å²) in [6, 6.07) is 26.7. The number of amides is 1. The molecule has 3 heterocycles. The molecule has 2 aliphatic heterocycles. The number of ether oxygens (including phenoxy) is 2. The molecule has 1 amide bonds. The summed E-state index contributed by atoms with van der Waals surface area (Å²) in [6.45, 7) is 3.15. The summed E-state index contributed by atoms with van der Waals surface area (Å²) in [7, 11) is 1.58. The molecular weight excluding hydrogens is 516 g/mol. The molecule has 1 saturated heterocycles.